The second kappa shape index (κ2) is 6.70. The summed E-state index contributed by atoms with van der Waals surface area (Å²) in [7, 11) is 0. The van der Waals surface area contributed by atoms with Crippen LogP contribution in [0.25, 0.3) is 0 Å². The van der Waals surface area contributed by atoms with Crippen molar-refractivity contribution in [2.75, 3.05) is 13.1 Å². The van der Waals surface area contributed by atoms with Gasteiger partial charge in [0.05, 0.1) is 0 Å². The first-order valence-electron chi connectivity index (χ1n) is 6.79. The summed E-state index contributed by atoms with van der Waals surface area (Å²) in [4.78, 5) is 29.9. The topological polar surface area (TPSA) is 62.3 Å². The third kappa shape index (κ3) is 3.70. The molecule has 1 unspecified atom stereocenters. The number of carbonyl (C=O) groups excluding carboxylic acids is 2. The number of nitrogens with one attached hydrogen (secondary N) is 1. The molecule has 1 aromatic heterocycles. The molecule has 108 valence electrons. The third-order valence-corrected chi connectivity index (χ3v) is 3.58. The quantitative estimate of drug-likeness (QED) is 0.866. The molecule has 0 bridgehead atoms. The monoisotopic (exact) mass is 295 g/mol. The molecule has 1 aliphatic rings. The van der Waals surface area contributed by atoms with E-state index in [0.717, 1.165) is 25.9 Å². The van der Waals surface area contributed by atoms with Crippen LogP contribution in [0.15, 0.2) is 18.3 Å². The lowest BCUT2D eigenvalue weighted by Crippen LogP contribution is -2.48. The van der Waals surface area contributed by atoms with Crippen LogP contribution in [-0.2, 0) is 4.79 Å². The largest absolute Gasteiger partial charge is 0.341 e. The Bertz CT molecular complexity index is 501. The summed E-state index contributed by atoms with van der Waals surface area (Å²) < 4.78 is 0. The van der Waals surface area contributed by atoms with Gasteiger partial charge in [-0.15, -0.1) is 0 Å². The zero-order valence-corrected chi connectivity index (χ0v) is 12.2. The maximum Gasteiger partial charge on any atom is 0.252 e. The molecular formula is C14H18ClN3O2. The average Bonchev–Trinajstić information content (AvgIpc) is 2.47. The Morgan fingerprint density at radius 1 is 1.35 bits per heavy atom. The number of hydrogen-bond donors (Lipinski definition) is 1. The molecule has 0 radical (unpaired) electrons. The average molecular weight is 296 g/mol. The van der Waals surface area contributed by atoms with Gasteiger partial charge in [0, 0.05) is 24.8 Å². The summed E-state index contributed by atoms with van der Waals surface area (Å²) in [5.74, 6) is -0.342. The zero-order chi connectivity index (χ0) is 14.5. The highest BCUT2D eigenvalue weighted by Gasteiger charge is 2.23. The smallest absolute Gasteiger partial charge is 0.252 e. The first kappa shape index (κ1) is 14.8. The molecule has 1 aromatic rings. The van der Waals surface area contributed by atoms with Gasteiger partial charge in [-0.1, -0.05) is 11.6 Å². The van der Waals surface area contributed by atoms with E-state index in [1.165, 1.54) is 18.7 Å². The van der Waals surface area contributed by atoms with Crippen molar-refractivity contribution in [3.63, 3.8) is 0 Å². The van der Waals surface area contributed by atoms with E-state index in [1.54, 1.807) is 13.0 Å². The number of amides is 2. The van der Waals surface area contributed by atoms with Gasteiger partial charge in [-0.3, -0.25) is 9.59 Å². The Morgan fingerprint density at radius 3 is 2.70 bits per heavy atom. The summed E-state index contributed by atoms with van der Waals surface area (Å²) in [5, 5.41) is 2.96. The van der Waals surface area contributed by atoms with Gasteiger partial charge < -0.3 is 10.2 Å². The van der Waals surface area contributed by atoms with Gasteiger partial charge in [0.1, 0.15) is 11.2 Å². The molecule has 1 fully saturated rings. The van der Waals surface area contributed by atoms with Crippen LogP contribution in [0.5, 0.6) is 0 Å². The van der Waals surface area contributed by atoms with E-state index in [0.29, 0.717) is 5.56 Å². The Kier molecular flexibility index (Phi) is 4.95. The number of nitrogens with zero attached hydrogens (tertiary/aromatic N) is 2. The minimum absolute atomic E-state index is 0.0294. The predicted octanol–water partition coefficient (Wildman–Crippen LogP) is 1.87. The van der Waals surface area contributed by atoms with Crippen molar-refractivity contribution in [2.45, 2.75) is 32.2 Å². The van der Waals surface area contributed by atoms with Crippen LogP contribution < -0.4 is 5.32 Å². The first-order valence-corrected chi connectivity index (χ1v) is 7.17. The maximum absolute atomic E-state index is 12.2. The molecule has 1 atom stereocenters. The molecule has 1 saturated heterocycles. The number of pyridine rings is 1. The number of halogens is 1. The van der Waals surface area contributed by atoms with E-state index in [4.69, 9.17) is 11.6 Å². The predicted molar refractivity (Wildman–Crippen MR) is 76.6 cm³/mol. The molecular weight excluding hydrogens is 278 g/mol. The fourth-order valence-corrected chi connectivity index (χ4v) is 2.45. The molecule has 1 N–H and O–H groups in total. The van der Waals surface area contributed by atoms with E-state index >= 15 is 0 Å². The van der Waals surface area contributed by atoms with E-state index in [9.17, 15) is 9.59 Å². The summed E-state index contributed by atoms with van der Waals surface area (Å²) in [6, 6.07) is 2.52. The summed E-state index contributed by atoms with van der Waals surface area (Å²) in [6.07, 6.45) is 4.70. The molecule has 2 amide bonds. The van der Waals surface area contributed by atoms with Crippen molar-refractivity contribution in [3.05, 3.63) is 29.0 Å². The molecule has 2 rings (SSSR count). The number of rotatable bonds is 3. The third-order valence-electron chi connectivity index (χ3n) is 3.37. The fourth-order valence-electron chi connectivity index (χ4n) is 2.27. The molecule has 2 heterocycles. The second-order valence-corrected chi connectivity index (χ2v) is 5.34. The number of hydrogen-bond acceptors (Lipinski definition) is 3. The summed E-state index contributed by atoms with van der Waals surface area (Å²) in [6.45, 7) is 3.26. The SMILES string of the molecule is CC(NC(=O)c1ccnc(Cl)c1)C(=O)N1CCCCC1. The van der Waals surface area contributed by atoms with Crippen LogP contribution in [0.2, 0.25) is 5.15 Å². The van der Waals surface area contributed by atoms with Gasteiger partial charge in [0.15, 0.2) is 0 Å². The molecule has 5 nitrogen and oxygen atoms in total. The number of aromatic nitrogens is 1. The van der Waals surface area contributed by atoms with Gasteiger partial charge in [0.25, 0.3) is 5.91 Å². The summed E-state index contributed by atoms with van der Waals surface area (Å²) in [5.41, 5.74) is 0.406. The highest BCUT2D eigenvalue weighted by Crippen LogP contribution is 2.11. The van der Waals surface area contributed by atoms with Gasteiger partial charge in [-0.25, -0.2) is 4.98 Å². The van der Waals surface area contributed by atoms with Crippen LogP contribution in [-0.4, -0.2) is 40.8 Å². The molecule has 6 heteroatoms. The van der Waals surface area contributed by atoms with Gasteiger partial charge in [-0.2, -0.15) is 0 Å². The lowest BCUT2D eigenvalue weighted by atomic mass is 10.1. The first-order chi connectivity index (χ1) is 9.58. The van der Waals surface area contributed by atoms with Crippen molar-refractivity contribution in [3.8, 4) is 0 Å². The van der Waals surface area contributed by atoms with E-state index in [1.807, 2.05) is 4.90 Å². The minimum Gasteiger partial charge on any atom is -0.341 e. The standard InChI is InChI=1S/C14H18ClN3O2/c1-10(14(20)18-7-3-2-4-8-18)17-13(19)11-5-6-16-12(15)9-11/h5-6,9-10H,2-4,7-8H2,1H3,(H,17,19). The minimum atomic E-state index is -0.535. The van der Waals surface area contributed by atoms with E-state index in [-0.39, 0.29) is 17.0 Å². The van der Waals surface area contributed by atoms with Crippen molar-refractivity contribution >= 4 is 23.4 Å². The second-order valence-electron chi connectivity index (χ2n) is 4.95. The van der Waals surface area contributed by atoms with Crippen molar-refractivity contribution in [1.29, 1.82) is 0 Å². The van der Waals surface area contributed by atoms with Crippen molar-refractivity contribution in [1.82, 2.24) is 15.2 Å². The van der Waals surface area contributed by atoms with Crippen LogP contribution in [0, 0.1) is 0 Å². The maximum atomic E-state index is 12.2. The molecule has 0 spiro atoms. The van der Waals surface area contributed by atoms with Crippen LogP contribution >= 0.6 is 11.6 Å². The lowest BCUT2D eigenvalue weighted by Gasteiger charge is -2.29. The van der Waals surface area contributed by atoms with Crippen LogP contribution in [0.4, 0.5) is 0 Å². The van der Waals surface area contributed by atoms with Crippen molar-refractivity contribution < 1.29 is 9.59 Å². The Labute approximate surface area is 123 Å². The molecule has 0 aromatic carbocycles. The Hall–Kier alpha value is -1.62. The number of piperidine rings is 1. The van der Waals surface area contributed by atoms with Crippen LogP contribution in [0.3, 0.4) is 0 Å². The van der Waals surface area contributed by atoms with E-state index in [2.05, 4.69) is 10.3 Å². The van der Waals surface area contributed by atoms with Crippen LogP contribution in [0.1, 0.15) is 36.5 Å². The highest BCUT2D eigenvalue weighted by molar-refractivity contribution is 6.29. The molecule has 0 saturated carbocycles. The Morgan fingerprint density at radius 2 is 2.05 bits per heavy atom. The molecule has 0 aliphatic carbocycles. The number of carbonyl (C=O) groups is 2. The van der Waals surface area contributed by atoms with Gasteiger partial charge in [-0.05, 0) is 38.3 Å². The zero-order valence-electron chi connectivity index (χ0n) is 11.4. The Balaban J connectivity index is 1.94. The van der Waals surface area contributed by atoms with Gasteiger partial charge >= 0.3 is 0 Å². The highest BCUT2D eigenvalue weighted by atomic mass is 35.5. The lowest BCUT2D eigenvalue weighted by molar-refractivity contribution is -0.133. The molecule has 1 aliphatic heterocycles. The normalized spacial score (nSPS) is 16.6. The van der Waals surface area contributed by atoms with Gasteiger partial charge in [0.2, 0.25) is 5.91 Å². The van der Waals surface area contributed by atoms with Crippen molar-refractivity contribution in [2.24, 2.45) is 0 Å². The molecule has 20 heavy (non-hydrogen) atoms. The summed E-state index contributed by atoms with van der Waals surface area (Å²) >= 11 is 5.74. The van der Waals surface area contributed by atoms with E-state index < -0.39 is 6.04 Å². The fraction of sp³-hybridized carbons (Fsp3) is 0.500. The number of likely N-dealkylation sites (tertiary alicyclic amines) is 1.